The minimum Gasteiger partial charge on any atom is -0.508 e. The maximum Gasteiger partial charge on any atom is 0.239 e. The lowest BCUT2D eigenvalue weighted by molar-refractivity contribution is -0.123. The Morgan fingerprint density at radius 1 is 1.00 bits per heavy atom. The third kappa shape index (κ3) is 4.45. The molecule has 1 saturated heterocycles. The maximum absolute atomic E-state index is 13.0. The summed E-state index contributed by atoms with van der Waals surface area (Å²) in [6, 6.07) is 18.5. The number of hydrogen-bond donors (Lipinski definition) is 4. The molecule has 1 aliphatic heterocycles. The number of phenols is 1. The van der Waals surface area contributed by atoms with Gasteiger partial charge >= 0.3 is 0 Å². The molecule has 6 nitrogen and oxygen atoms in total. The van der Waals surface area contributed by atoms with E-state index in [0.717, 1.165) is 16.7 Å². The lowest BCUT2D eigenvalue weighted by Crippen LogP contribution is -2.44. The second-order valence-corrected chi connectivity index (χ2v) is 7.35. The van der Waals surface area contributed by atoms with Crippen LogP contribution in [0.2, 0.25) is 0 Å². The van der Waals surface area contributed by atoms with Crippen LogP contribution in [0.15, 0.2) is 73.1 Å². The second-order valence-electron chi connectivity index (χ2n) is 7.35. The number of aromatic nitrogens is 1. The molecule has 0 radical (unpaired) electrons. The summed E-state index contributed by atoms with van der Waals surface area (Å²) in [5.74, 6) is 0.161. The molecule has 4 N–H and O–H groups in total. The van der Waals surface area contributed by atoms with E-state index < -0.39 is 0 Å². The first-order valence-corrected chi connectivity index (χ1v) is 9.67. The van der Waals surface area contributed by atoms with Gasteiger partial charge in [0, 0.05) is 18.4 Å². The molecule has 0 spiro atoms. The van der Waals surface area contributed by atoms with Gasteiger partial charge in [-0.05, 0) is 54.3 Å². The molecule has 3 atom stereocenters. The molecule has 0 saturated carbocycles. The Kier molecular flexibility index (Phi) is 5.55. The number of hydrogen-bond acceptors (Lipinski definition) is 5. The number of aromatic hydroxyl groups is 1. The molecule has 0 bridgehead atoms. The first kappa shape index (κ1) is 19.1. The van der Waals surface area contributed by atoms with Crippen LogP contribution in [-0.4, -0.2) is 22.0 Å². The van der Waals surface area contributed by atoms with E-state index in [1.54, 1.807) is 24.5 Å². The predicted molar refractivity (Wildman–Crippen MR) is 111 cm³/mol. The van der Waals surface area contributed by atoms with Crippen molar-refractivity contribution in [2.75, 3.05) is 0 Å². The number of hydrazine groups is 1. The first-order chi connectivity index (χ1) is 14.1. The topological polar surface area (TPSA) is 86.3 Å². The number of carbonyl (C=O) groups excluding carboxylic acids is 1. The molecule has 0 aliphatic carbocycles. The van der Waals surface area contributed by atoms with E-state index in [1.165, 1.54) is 5.56 Å². The second kappa shape index (κ2) is 8.43. The Hall–Kier alpha value is -3.22. The quantitative estimate of drug-likeness (QED) is 0.540. The van der Waals surface area contributed by atoms with Gasteiger partial charge in [-0.2, -0.15) is 0 Å². The molecule has 1 aliphatic rings. The molecule has 29 heavy (non-hydrogen) atoms. The first-order valence-electron chi connectivity index (χ1n) is 9.67. The van der Waals surface area contributed by atoms with Gasteiger partial charge in [0.05, 0.1) is 6.04 Å². The largest absolute Gasteiger partial charge is 0.508 e. The molecule has 4 rings (SSSR count). The summed E-state index contributed by atoms with van der Waals surface area (Å²) in [7, 11) is 0. The molecule has 3 unspecified atom stereocenters. The monoisotopic (exact) mass is 388 g/mol. The zero-order valence-corrected chi connectivity index (χ0v) is 16.2. The van der Waals surface area contributed by atoms with Crippen LogP contribution in [-0.2, 0) is 4.79 Å². The van der Waals surface area contributed by atoms with Crippen molar-refractivity contribution in [3.63, 3.8) is 0 Å². The van der Waals surface area contributed by atoms with E-state index >= 15 is 0 Å². The van der Waals surface area contributed by atoms with E-state index in [0.29, 0.717) is 6.42 Å². The summed E-state index contributed by atoms with van der Waals surface area (Å²) in [5.41, 5.74) is 10.5. The van der Waals surface area contributed by atoms with Crippen molar-refractivity contribution < 1.29 is 9.90 Å². The maximum atomic E-state index is 13.0. The number of nitrogens with one attached hydrogen (secondary N) is 3. The van der Waals surface area contributed by atoms with Crippen molar-refractivity contribution in [2.24, 2.45) is 0 Å². The van der Waals surface area contributed by atoms with E-state index in [1.807, 2.05) is 55.5 Å². The fourth-order valence-corrected chi connectivity index (χ4v) is 3.57. The van der Waals surface area contributed by atoms with Crippen molar-refractivity contribution in [1.82, 2.24) is 21.2 Å². The highest BCUT2D eigenvalue weighted by atomic mass is 16.3. The highest BCUT2D eigenvalue weighted by Crippen LogP contribution is 2.26. The molecule has 2 aromatic carbocycles. The van der Waals surface area contributed by atoms with E-state index in [-0.39, 0.29) is 29.8 Å². The summed E-state index contributed by atoms with van der Waals surface area (Å²) in [6.45, 7) is 2.04. The lowest BCUT2D eigenvalue weighted by atomic mass is 9.97. The van der Waals surface area contributed by atoms with Crippen molar-refractivity contribution in [1.29, 1.82) is 0 Å². The normalized spacial score (nSPS) is 19.6. The highest BCUT2D eigenvalue weighted by molar-refractivity contribution is 5.83. The van der Waals surface area contributed by atoms with Gasteiger partial charge in [0.2, 0.25) is 5.91 Å². The van der Waals surface area contributed by atoms with Crippen LogP contribution in [0.1, 0.15) is 40.8 Å². The minimum absolute atomic E-state index is 0.00472. The van der Waals surface area contributed by atoms with Crippen LogP contribution in [0.25, 0.3) is 0 Å². The third-order valence-corrected chi connectivity index (χ3v) is 5.25. The number of nitrogens with zero attached hydrogens (tertiary/aromatic N) is 1. The lowest BCUT2D eigenvalue weighted by Gasteiger charge is -2.22. The molecular formula is C23H24N4O2. The van der Waals surface area contributed by atoms with Crippen LogP contribution in [0.3, 0.4) is 0 Å². The van der Waals surface area contributed by atoms with Gasteiger partial charge in [-0.1, -0.05) is 42.0 Å². The predicted octanol–water partition coefficient (Wildman–Crippen LogP) is 2.91. The Balaban J connectivity index is 1.49. The molecule has 3 aromatic rings. The molecular weight excluding hydrogens is 364 g/mol. The van der Waals surface area contributed by atoms with Crippen LogP contribution in [0, 0.1) is 6.92 Å². The average molecular weight is 388 g/mol. The van der Waals surface area contributed by atoms with E-state index in [9.17, 15) is 9.90 Å². The molecule has 148 valence electrons. The highest BCUT2D eigenvalue weighted by Gasteiger charge is 2.31. The van der Waals surface area contributed by atoms with Gasteiger partial charge in [0.15, 0.2) is 0 Å². The summed E-state index contributed by atoms with van der Waals surface area (Å²) >= 11 is 0. The number of rotatable bonds is 5. The molecule has 2 heterocycles. The van der Waals surface area contributed by atoms with Gasteiger partial charge in [0.1, 0.15) is 11.8 Å². The number of benzene rings is 2. The van der Waals surface area contributed by atoms with Gasteiger partial charge in [0.25, 0.3) is 0 Å². The Bertz CT molecular complexity index is 958. The van der Waals surface area contributed by atoms with E-state index in [4.69, 9.17) is 0 Å². The molecule has 1 amide bonds. The molecule has 6 heteroatoms. The van der Waals surface area contributed by atoms with Crippen molar-refractivity contribution >= 4 is 5.91 Å². The summed E-state index contributed by atoms with van der Waals surface area (Å²) in [5, 5.41) is 12.7. The van der Waals surface area contributed by atoms with Crippen LogP contribution in [0.4, 0.5) is 0 Å². The Labute approximate surface area is 170 Å². The zero-order chi connectivity index (χ0) is 20.2. The fourth-order valence-electron chi connectivity index (χ4n) is 3.57. The van der Waals surface area contributed by atoms with Gasteiger partial charge < -0.3 is 10.4 Å². The Morgan fingerprint density at radius 3 is 2.34 bits per heavy atom. The summed E-state index contributed by atoms with van der Waals surface area (Å²) < 4.78 is 0. The van der Waals surface area contributed by atoms with Crippen LogP contribution in [0.5, 0.6) is 5.75 Å². The minimum atomic E-state index is -0.358. The van der Waals surface area contributed by atoms with Crippen LogP contribution < -0.4 is 16.2 Å². The van der Waals surface area contributed by atoms with Crippen molar-refractivity contribution in [3.8, 4) is 5.75 Å². The van der Waals surface area contributed by atoms with Crippen molar-refractivity contribution in [2.45, 2.75) is 31.5 Å². The number of pyridine rings is 1. The standard InChI is InChI=1S/C23H24N4O2/c1-15-2-4-17(5-3-15)22(18-10-12-24-13-11-18)25-23(29)21-14-20(26-27-21)16-6-8-19(28)9-7-16/h2-13,20-22,26-28H,14H2,1H3,(H,25,29). The number of carbonyl (C=O) groups is 1. The number of amides is 1. The SMILES string of the molecule is Cc1ccc(C(NC(=O)C2CC(c3ccc(O)cc3)NN2)c2ccncc2)cc1. The third-order valence-electron chi connectivity index (χ3n) is 5.25. The zero-order valence-electron chi connectivity index (χ0n) is 16.2. The summed E-state index contributed by atoms with van der Waals surface area (Å²) in [4.78, 5) is 17.1. The van der Waals surface area contributed by atoms with Gasteiger partial charge in [-0.15, -0.1) is 0 Å². The van der Waals surface area contributed by atoms with Gasteiger partial charge in [-0.3, -0.25) is 9.78 Å². The average Bonchev–Trinajstić information content (AvgIpc) is 3.24. The number of aryl methyl sites for hydroxylation is 1. The van der Waals surface area contributed by atoms with E-state index in [2.05, 4.69) is 21.2 Å². The number of phenolic OH excluding ortho intramolecular Hbond substituents is 1. The molecule has 1 aromatic heterocycles. The van der Waals surface area contributed by atoms with Crippen molar-refractivity contribution in [3.05, 3.63) is 95.3 Å². The van der Waals surface area contributed by atoms with Crippen LogP contribution >= 0.6 is 0 Å². The Morgan fingerprint density at radius 2 is 1.66 bits per heavy atom. The fraction of sp³-hybridized carbons (Fsp3) is 0.217. The van der Waals surface area contributed by atoms with Gasteiger partial charge in [-0.25, -0.2) is 10.9 Å². The molecule has 1 fully saturated rings. The smallest absolute Gasteiger partial charge is 0.239 e. The summed E-state index contributed by atoms with van der Waals surface area (Å²) in [6.07, 6.45) is 4.09.